The second kappa shape index (κ2) is 10.4. The molecule has 0 aliphatic carbocycles. The predicted octanol–water partition coefficient (Wildman–Crippen LogP) is 3.85. The topological polar surface area (TPSA) is 94.5 Å². The second-order valence-corrected chi connectivity index (χ2v) is 9.08. The van der Waals surface area contributed by atoms with Crippen LogP contribution in [0.3, 0.4) is 0 Å². The van der Waals surface area contributed by atoms with Gasteiger partial charge in [-0.2, -0.15) is 5.26 Å². The fourth-order valence-electron chi connectivity index (χ4n) is 3.93. The minimum Gasteiger partial charge on any atom is -0.369 e. The molecule has 0 bridgehead atoms. The third-order valence-electron chi connectivity index (χ3n) is 5.56. The molecule has 3 N–H and O–H groups in total. The van der Waals surface area contributed by atoms with Crippen LogP contribution in [-0.2, 0) is 4.79 Å². The van der Waals surface area contributed by atoms with Crippen LogP contribution in [0.4, 0.5) is 11.4 Å². The number of nitrogens with two attached hydrogens (primary N) is 1. The molecule has 0 saturated carbocycles. The second-order valence-electron chi connectivity index (χ2n) is 9.08. The molecule has 1 fully saturated rings. The van der Waals surface area contributed by atoms with Gasteiger partial charge in [0.05, 0.1) is 11.3 Å². The summed E-state index contributed by atoms with van der Waals surface area (Å²) < 4.78 is 0. The van der Waals surface area contributed by atoms with Gasteiger partial charge in [0.1, 0.15) is 6.07 Å². The summed E-state index contributed by atoms with van der Waals surface area (Å²) in [6.07, 6.45) is 6.85. The van der Waals surface area contributed by atoms with E-state index in [1.165, 1.54) is 0 Å². The van der Waals surface area contributed by atoms with E-state index in [1.807, 2.05) is 52.0 Å². The van der Waals surface area contributed by atoms with Crippen molar-refractivity contribution in [1.82, 2.24) is 5.32 Å². The van der Waals surface area contributed by atoms with Gasteiger partial charge in [-0.15, -0.1) is 0 Å². The Labute approximate surface area is 180 Å². The van der Waals surface area contributed by atoms with Crippen molar-refractivity contribution < 1.29 is 4.79 Å². The van der Waals surface area contributed by atoms with Crippen molar-refractivity contribution in [3.63, 3.8) is 0 Å². The van der Waals surface area contributed by atoms with Crippen molar-refractivity contribution in [2.45, 2.75) is 53.5 Å². The molecular formula is C24H35N5O. The monoisotopic (exact) mass is 409 g/mol. The number of amides is 1. The third kappa shape index (κ3) is 6.17. The van der Waals surface area contributed by atoms with Gasteiger partial charge in [0.2, 0.25) is 5.91 Å². The van der Waals surface area contributed by atoms with Gasteiger partial charge in [0.25, 0.3) is 0 Å². The molecule has 6 nitrogen and oxygen atoms in total. The average molecular weight is 410 g/mol. The number of carbonyl (C=O) groups excluding carboxylic acids is 1. The summed E-state index contributed by atoms with van der Waals surface area (Å²) in [6, 6.07) is 6.16. The average Bonchev–Trinajstić information content (AvgIpc) is 2.68. The first-order valence-electron chi connectivity index (χ1n) is 10.6. The molecule has 1 aliphatic rings. The molecule has 2 rings (SSSR count). The highest BCUT2D eigenvalue weighted by molar-refractivity contribution is 5.79. The number of benzene rings is 1. The molecule has 0 spiro atoms. The summed E-state index contributed by atoms with van der Waals surface area (Å²) in [5, 5.41) is 12.7. The molecule has 6 heteroatoms. The highest BCUT2D eigenvalue weighted by atomic mass is 16.1. The van der Waals surface area contributed by atoms with Gasteiger partial charge in [0.15, 0.2) is 0 Å². The van der Waals surface area contributed by atoms with Crippen molar-refractivity contribution in [2.24, 2.45) is 22.1 Å². The van der Waals surface area contributed by atoms with Gasteiger partial charge < -0.3 is 16.0 Å². The van der Waals surface area contributed by atoms with E-state index in [9.17, 15) is 10.1 Å². The SMILES string of the molecule is C/C=C/C=N\c1c(C#N)ccc(N2C[C@@H](C)C[C@@H](NC(=O)CC(C)(C)CN)C2)c1C. The molecule has 0 aromatic heterocycles. The van der Waals surface area contributed by atoms with Gasteiger partial charge in [-0.1, -0.05) is 26.8 Å². The van der Waals surface area contributed by atoms with E-state index in [1.54, 1.807) is 6.21 Å². The number of rotatable bonds is 7. The lowest BCUT2D eigenvalue weighted by molar-refractivity contribution is -0.123. The van der Waals surface area contributed by atoms with Crippen LogP contribution in [-0.4, -0.2) is 37.8 Å². The van der Waals surface area contributed by atoms with Crippen LogP contribution in [0.15, 0.2) is 29.3 Å². The first kappa shape index (κ1) is 23.6. The lowest BCUT2D eigenvalue weighted by atomic mass is 9.88. The van der Waals surface area contributed by atoms with E-state index in [-0.39, 0.29) is 17.4 Å². The zero-order chi connectivity index (χ0) is 22.3. The Kier molecular flexibility index (Phi) is 8.19. The largest absolute Gasteiger partial charge is 0.369 e. The minimum atomic E-state index is -0.201. The first-order valence-corrected chi connectivity index (χ1v) is 10.6. The van der Waals surface area contributed by atoms with E-state index < -0.39 is 0 Å². The number of aliphatic imine (C=N–C) groups is 1. The van der Waals surface area contributed by atoms with Crippen LogP contribution in [0.5, 0.6) is 0 Å². The third-order valence-corrected chi connectivity index (χ3v) is 5.56. The van der Waals surface area contributed by atoms with Crippen LogP contribution in [0.1, 0.15) is 51.7 Å². The quantitative estimate of drug-likeness (QED) is 0.669. The Morgan fingerprint density at radius 1 is 1.43 bits per heavy atom. The molecule has 2 atom stereocenters. The highest BCUT2D eigenvalue weighted by Gasteiger charge is 2.29. The van der Waals surface area contributed by atoms with Gasteiger partial charge in [-0.05, 0) is 61.9 Å². The van der Waals surface area contributed by atoms with Crippen molar-refractivity contribution >= 4 is 23.5 Å². The van der Waals surface area contributed by atoms with Crippen molar-refractivity contribution in [1.29, 1.82) is 5.26 Å². The van der Waals surface area contributed by atoms with Crippen LogP contribution in [0, 0.1) is 29.6 Å². The first-order chi connectivity index (χ1) is 14.2. The maximum absolute atomic E-state index is 12.5. The molecule has 1 aromatic rings. The summed E-state index contributed by atoms with van der Waals surface area (Å²) in [4.78, 5) is 19.4. The van der Waals surface area contributed by atoms with Crippen molar-refractivity contribution in [3.05, 3.63) is 35.4 Å². The standard InChI is InChI=1S/C24H35N5O/c1-6-7-10-27-23-18(3)21(9-8-19(23)13-25)29-14-17(2)11-20(15-29)28-22(30)12-24(4,5)16-26/h6-10,17,20H,11-12,14-16,26H2,1-5H3,(H,28,30)/b7-6+,27-10-/t17-,20+/m0/s1. The number of nitrogens with one attached hydrogen (secondary N) is 1. The lowest BCUT2D eigenvalue weighted by Gasteiger charge is -2.39. The molecule has 0 unspecified atom stereocenters. The number of anilines is 1. The Morgan fingerprint density at radius 2 is 2.17 bits per heavy atom. The molecular weight excluding hydrogens is 374 g/mol. The highest BCUT2D eigenvalue weighted by Crippen LogP contribution is 2.34. The van der Waals surface area contributed by atoms with Gasteiger partial charge in [-0.3, -0.25) is 9.79 Å². The molecule has 1 amide bonds. The molecule has 30 heavy (non-hydrogen) atoms. The van der Waals surface area contributed by atoms with Gasteiger partial charge >= 0.3 is 0 Å². The maximum Gasteiger partial charge on any atom is 0.220 e. The molecule has 1 aliphatic heterocycles. The Balaban J connectivity index is 2.23. The van der Waals surface area contributed by atoms with E-state index >= 15 is 0 Å². The summed E-state index contributed by atoms with van der Waals surface area (Å²) in [6.45, 7) is 12.3. The maximum atomic E-state index is 12.5. The Bertz CT molecular complexity index is 850. The van der Waals surface area contributed by atoms with Gasteiger partial charge in [-0.25, -0.2) is 0 Å². The summed E-state index contributed by atoms with van der Waals surface area (Å²) >= 11 is 0. The predicted molar refractivity (Wildman–Crippen MR) is 124 cm³/mol. The molecule has 1 saturated heterocycles. The fraction of sp³-hybridized carbons (Fsp3) is 0.542. The van der Waals surface area contributed by atoms with E-state index in [4.69, 9.17) is 5.73 Å². The van der Waals surface area contributed by atoms with Crippen LogP contribution in [0.2, 0.25) is 0 Å². The number of nitriles is 1. The normalized spacial score (nSPS) is 20.0. The number of carbonyl (C=O) groups is 1. The number of hydrogen-bond acceptors (Lipinski definition) is 5. The molecule has 1 heterocycles. The molecule has 1 aromatic carbocycles. The Hall–Kier alpha value is -2.65. The van der Waals surface area contributed by atoms with E-state index in [2.05, 4.69) is 28.2 Å². The number of nitrogens with zero attached hydrogens (tertiary/aromatic N) is 3. The van der Waals surface area contributed by atoms with Crippen LogP contribution in [0.25, 0.3) is 0 Å². The zero-order valence-electron chi connectivity index (χ0n) is 18.9. The number of allylic oxidation sites excluding steroid dienone is 2. The number of hydrogen-bond donors (Lipinski definition) is 2. The lowest BCUT2D eigenvalue weighted by Crippen LogP contribution is -2.51. The van der Waals surface area contributed by atoms with E-state index in [0.717, 1.165) is 30.8 Å². The Morgan fingerprint density at radius 3 is 2.80 bits per heavy atom. The summed E-state index contributed by atoms with van der Waals surface area (Å²) in [5.41, 5.74) is 8.90. The van der Waals surface area contributed by atoms with Crippen molar-refractivity contribution in [3.8, 4) is 6.07 Å². The molecule has 162 valence electrons. The number of piperidine rings is 1. The zero-order valence-corrected chi connectivity index (χ0v) is 18.9. The van der Waals surface area contributed by atoms with Gasteiger partial charge in [0, 0.05) is 37.5 Å². The summed E-state index contributed by atoms with van der Waals surface area (Å²) in [5.74, 6) is 0.495. The molecule has 0 radical (unpaired) electrons. The summed E-state index contributed by atoms with van der Waals surface area (Å²) in [7, 11) is 0. The fourth-order valence-corrected chi connectivity index (χ4v) is 3.93. The van der Waals surface area contributed by atoms with Crippen LogP contribution < -0.4 is 16.0 Å². The van der Waals surface area contributed by atoms with E-state index in [0.29, 0.717) is 30.1 Å². The minimum absolute atomic E-state index is 0.0534. The van der Waals surface area contributed by atoms with Crippen LogP contribution >= 0.6 is 0 Å². The smallest absolute Gasteiger partial charge is 0.220 e. The van der Waals surface area contributed by atoms with Crippen molar-refractivity contribution in [2.75, 3.05) is 24.5 Å².